The molecule has 1 aromatic carbocycles. The molecule has 114 valence electrons. The maximum atomic E-state index is 11.6. The zero-order valence-electron chi connectivity index (χ0n) is 12.4. The Hall–Kier alpha value is -1.06. The lowest BCUT2D eigenvalue weighted by Crippen LogP contribution is -2.41. The summed E-state index contributed by atoms with van der Waals surface area (Å²) in [5.74, 6) is 0.771. The molecule has 0 spiro atoms. The van der Waals surface area contributed by atoms with Crippen LogP contribution in [0.15, 0.2) is 12.1 Å². The van der Waals surface area contributed by atoms with Gasteiger partial charge in [-0.25, -0.2) is 0 Å². The number of hydrogen-bond donors (Lipinski definition) is 1. The Morgan fingerprint density at radius 2 is 2.10 bits per heavy atom. The van der Waals surface area contributed by atoms with E-state index in [1.807, 2.05) is 0 Å². The van der Waals surface area contributed by atoms with Gasteiger partial charge in [-0.15, -0.1) is 0 Å². The smallest absolute Gasteiger partial charge is 0.163 e. The summed E-state index contributed by atoms with van der Waals surface area (Å²) in [5, 5.41) is 10.9. The van der Waals surface area contributed by atoms with Gasteiger partial charge in [0.1, 0.15) is 5.75 Å². The van der Waals surface area contributed by atoms with Crippen molar-refractivity contribution >= 4 is 17.4 Å². The van der Waals surface area contributed by atoms with Crippen LogP contribution in [0.4, 0.5) is 0 Å². The number of carbonyl (C=O) groups is 1. The highest BCUT2D eigenvalue weighted by molar-refractivity contribution is 6.31. The van der Waals surface area contributed by atoms with E-state index in [0.717, 1.165) is 18.0 Å². The van der Waals surface area contributed by atoms with Gasteiger partial charge in [0.15, 0.2) is 5.78 Å². The summed E-state index contributed by atoms with van der Waals surface area (Å²) < 4.78 is 0. The van der Waals surface area contributed by atoms with Crippen molar-refractivity contribution in [3.63, 3.8) is 0 Å². The molecule has 1 aliphatic carbocycles. The summed E-state index contributed by atoms with van der Waals surface area (Å²) in [6.07, 6.45) is 6.46. The van der Waals surface area contributed by atoms with E-state index in [4.69, 9.17) is 11.6 Å². The molecule has 1 heterocycles. The Morgan fingerprint density at radius 1 is 1.33 bits per heavy atom. The van der Waals surface area contributed by atoms with Crippen molar-refractivity contribution in [1.82, 2.24) is 4.90 Å². The highest BCUT2D eigenvalue weighted by Crippen LogP contribution is 2.38. The number of aromatic hydroxyl groups is 1. The van der Waals surface area contributed by atoms with Crippen LogP contribution in [0.1, 0.15) is 54.9 Å². The van der Waals surface area contributed by atoms with Gasteiger partial charge in [0.2, 0.25) is 0 Å². The molecule has 1 aliphatic heterocycles. The number of halogens is 1. The zero-order chi connectivity index (χ0) is 15.0. The quantitative estimate of drug-likeness (QED) is 0.858. The molecule has 1 aromatic rings. The monoisotopic (exact) mass is 307 g/mol. The predicted molar refractivity (Wildman–Crippen MR) is 83.9 cm³/mol. The number of phenols is 1. The van der Waals surface area contributed by atoms with Crippen molar-refractivity contribution in [3.05, 3.63) is 28.3 Å². The van der Waals surface area contributed by atoms with Crippen molar-refractivity contribution in [2.75, 3.05) is 6.54 Å². The summed E-state index contributed by atoms with van der Waals surface area (Å²) in [6, 6.07) is 3.98. The summed E-state index contributed by atoms with van der Waals surface area (Å²) >= 11 is 6.11. The maximum Gasteiger partial charge on any atom is 0.163 e. The fraction of sp³-hybridized carbons (Fsp3) is 0.588. The molecule has 0 amide bonds. The fourth-order valence-corrected chi connectivity index (χ4v) is 4.26. The minimum Gasteiger partial charge on any atom is -0.507 e. The standard InChI is InChI=1S/C17H22ClNO2/c1-11(20)15-9-14(18)8-13(17(15)21)10-19-7-3-5-12-4-2-6-16(12)19/h8-9,12,16,21H,2-7,10H2,1H3. The molecular weight excluding hydrogens is 286 g/mol. The first kappa shape index (κ1) is 14.9. The average molecular weight is 308 g/mol. The normalized spacial score (nSPS) is 25.8. The van der Waals surface area contributed by atoms with Gasteiger partial charge < -0.3 is 5.11 Å². The zero-order valence-corrected chi connectivity index (χ0v) is 13.2. The number of hydrogen-bond acceptors (Lipinski definition) is 3. The van der Waals surface area contributed by atoms with Crippen LogP contribution >= 0.6 is 11.6 Å². The van der Waals surface area contributed by atoms with Gasteiger partial charge in [-0.2, -0.15) is 0 Å². The Balaban J connectivity index is 1.85. The molecule has 0 aromatic heterocycles. The molecule has 1 saturated heterocycles. The first-order valence-electron chi connectivity index (χ1n) is 7.82. The van der Waals surface area contributed by atoms with Crippen molar-refractivity contribution in [2.45, 2.75) is 51.6 Å². The number of Topliss-reactive ketones (excluding diaryl/α,β-unsaturated/α-hetero) is 1. The Bertz CT molecular complexity index is 558. The highest BCUT2D eigenvalue weighted by atomic mass is 35.5. The van der Waals surface area contributed by atoms with Gasteiger partial charge in [0.25, 0.3) is 0 Å². The summed E-state index contributed by atoms with van der Waals surface area (Å²) in [4.78, 5) is 14.1. The number of phenolic OH excluding ortho intramolecular Hbond substituents is 1. The number of nitrogens with zero attached hydrogens (tertiary/aromatic N) is 1. The molecule has 0 radical (unpaired) electrons. The van der Waals surface area contributed by atoms with Gasteiger partial charge in [0, 0.05) is 23.2 Å². The minimum absolute atomic E-state index is 0.104. The van der Waals surface area contributed by atoms with E-state index in [0.29, 0.717) is 23.2 Å². The topological polar surface area (TPSA) is 40.5 Å². The number of likely N-dealkylation sites (tertiary alicyclic amines) is 1. The SMILES string of the molecule is CC(=O)c1cc(Cl)cc(CN2CCCC3CCCC32)c1O. The van der Waals surface area contributed by atoms with Gasteiger partial charge in [0.05, 0.1) is 5.56 Å². The number of carbonyl (C=O) groups excluding carboxylic acids is 1. The molecular formula is C17H22ClNO2. The van der Waals surface area contributed by atoms with E-state index in [2.05, 4.69) is 4.90 Å². The number of piperidine rings is 1. The van der Waals surface area contributed by atoms with Crippen LogP contribution in [0.3, 0.4) is 0 Å². The lowest BCUT2D eigenvalue weighted by molar-refractivity contribution is 0.100. The van der Waals surface area contributed by atoms with Gasteiger partial charge >= 0.3 is 0 Å². The van der Waals surface area contributed by atoms with Crippen LogP contribution in [0.2, 0.25) is 5.02 Å². The van der Waals surface area contributed by atoms with Gasteiger partial charge in [-0.1, -0.05) is 18.0 Å². The molecule has 3 rings (SSSR count). The average Bonchev–Trinajstić information content (AvgIpc) is 2.91. The molecule has 1 saturated carbocycles. The summed E-state index contributed by atoms with van der Waals surface area (Å²) in [6.45, 7) is 3.22. The number of rotatable bonds is 3. The van der Waals surface area contributed by atoms with Crippen LogP contribution < -0.4 is 0 Å². The molecule has 2 aliphatic rings. The third-order valence-electron chi connectivity index (χ3n) is 5.01. The van der Waals surface area contributed by atoms with Crippen molar-refractivity contribution in [3.8, 4) is 5.75 Å². The second kappa shape index (κ2) is 5.98. The minimum atomic E-state index is -0.145. The summed E-state index contributed by atoms with van der Waals surface area (Å²) in [7, 11) is 0. The molecule has 0 bridgehead atoms. The first-order valence-corrected chi connectivity index (χ1v) is 8.20. The van der Waals surface area contributed by atoms with E-state index >= 15 is 0 Å². The summed E-state index contributed by atoms with van der Waals surface area (Å²) in [5.41, 5.74) is 1.11. The predicted octanol–water partition coefficient (Wildman–Crippen LogP) is 4.01. The molecule has 2 unspecified atom stereocenters. The van der Waals surface area contributed by atoms with E-state index in [9.17, 15) is 9.90 Å². The fourth-order valence-electron chi connectivity index (χ4n) is 4.02. The lowest BCUT2D eigenvalue weighted by Gasteiger charge is -2.38. The third kappa shape index (κ3) is 2.95. The van der Waals surface area contributed by atoms with E-state index in [-0.39, 0.29) is 11.5 Å². The Labute approximate surface area is 130 Å². The van der Waals surface area contributed by atoms with Gasteiger partial charge in [-0.3, -0.25) is 9.69 Å². The van der Waals surface area contributed by atoms with E-state index in [1.165, 1.54) is 39.0 Å². The van der Waals surface area contributed by atoms with Gasteiger partial charge in [-0.05, 0) is 57.2 Å². The Morgan fingerprint density at radius 3 is 2.86 bits per heavy atom. The number of ketones is 1. The molecule has 2 fully saturated rings. The van der Waals surface area contributed by atoms with Crippen LogP contribution in [-0.2, 0) is 6.54 Å². The number of fused-ring (bicyclic) bond motifs is 1. The van der Waals surface area contributed by atoms with E-state index in [1.54, 1.807) is 12.1 Å². The molecule has 21 heavy (non-hydrogen) atoms. The highest BCUT2D eigenvalue weighted by Gasteiger charge is 2.35. The maximum absolute atomic E-state index is 11.6. The van der Waals surface area contributed by atoms with Crippen LogP contribution in [0.5, 0.6) is 5.75 Å². The van der Waals surface area contributed by atoms with Crippen LogP contribution in [0, 0.1) is 5.92 Å². The van der Waals surface area contributed by atoms with Crippen molar-refractivity contribution < 1.29 is 9.90 Å². The number of benzene rings is 1. The lowest BCUT2D eigenvalue weighted by atomic mass is 9.91. The second-order valence-electron chi connectivity index (χ2n) is 6.39. The third-order valence-corrected chi connectivity index (χ3v) is 5.23. The largest absolute Gasteiger partial charge is 0.507 e. The van der Waals surface area contributed by atoms with Crippen molar-refractivity contribution in [1.29, 1.82) is 0 Å². The second-order valence-corrected chi connectivity index (χ2v) is 6.82. The molecule has 2 atom stereocenters. The van der Waals surface area contributed by atoms with E-state index < -0.39 is 0 Å². The first-order chi connectivity index (χ1) is 10.1. The van der Waals surface area contributed by atoms with Crippen LogP contribution in [-0.4, -0.2) is 28.4 Å². The van der Waals surface area contributed by atoms with Crippen molar-refractivity contribution in [2.24, 2.45) is 5.92 Å². The Kier molecular flexibility index (Phi) is 4.23. The molecule has 1 N–H and O–H groups in total. The molecule has 3 nitrogen and oxygen atoms in total. The van der Waals surface area contributed by atoms with Crippen LogP contribution in [0.25, 0.3) is 0 Å². The molecule has 4 heteroatoms.